The van der Waals surface area contributed by atoms with Gasteiger partial charge in [0, 0.05) is 11.6 Å². The van der Waals surface area contributed by atoms with Gasteiger partial charge in [0.1, 0.15) is 5.75 Å². The third-order valence-electron chi connectivity index (χ3n) is 3.97. The SMILES string of the molecule is CCCOc1ccc(/C=C/C(=O)Oc2ccccc2C(C)(C)C)cc1OC. The van der Waals surface area contributed by atoms with Crippen LogP contribution in [-0.2, 0) is 10.2 Å². The summed E-state index contributed by atoms with van der Waals surface area (Å²) in [6, 6.07) is 13.2. The maximum absolute atomic E-state index is 12.3. The minimum Gasteiger partial charge on any atom is -0.493 e. The lowest BCUT2D eigenvalue weighted by Gasteiger charge is -2.21. The van der Waals surface area contributed by atoms with E-state index in [1.54, 1.807) is 13.2 Å². The maximum Gasteiger partial charge on any atom is 0.336 e. The molecule has 0 saturated heterocycles. The van der Waals surface area contributed by atoms with Crippen LogP contribution in [-0.4, -0.2) is 19.7 Å². The Morgan fingerprint density at radius 3 is 2.44 bits per heavy atom. The van der Waals surface area contributed by atoms with Gasteiger partial charge in [-0.25, -0.2) is 4.79 Å². The molecule has 144 valence electrons. The third kappa shape index (κ3) is 5.88. The van der Waals surface area contributed by atoms with Crippen molar-refractivity contribution in [3.63, 3.8) is 0 Å². The minimum atomic E-state index is -0.419. The number of para-hydroxylation sites is 1. The van der Waals surface area contributed by atoms with Gasteiger partial charge in [-0.05, 0) is 41.7 Å². The molecule has 0 amide bonds. The van der Waals surface area contributed by atoms with Crippen LogP contribution in [0.4, 0.5) is 0 Å². The van der Waals surface area contributed by atoms with Crippen LogP contribution in [0.3, 0.4) is 0 Å². The highest BCUT2D eigenvalue weighted by Crippen LogP contribution is 2.31. The number of methoxy groups -OCH3 is 1. The Labute approximate surface area is 161 Å². The highest BCUT2D eigenvalue weighted by Gasteiger charge is 2.19. The van der Waals surface area contributed by atoms with Crippen molar-refractivity contribution in [1.82, 2.24) is 0 Å². The molecule has 0 heterocycles. The van der Waals surface area contributed by atoms with E-state index >= 15 is 0 Å². The monoisotopic (exact) mass is 368 g/mol. The van der Waals surface area contributed by atoms with Gasteiger partial charge in [0.15, 0.2) is 11.5 Å². The zero-order chi connectivity index (χ0) is 19.9. The number of rotatable bonds is 7. The van der Waals surface area contributed by atoms with Crippen LogP contribution in [0.25, 0.3) is 6.08 Å². The van der Waals surface area contributed by atoms with Gasteiger partial charge >= 0.3 is 5.97 Å². The fourth-order valence-corrected chi connectivity index (χ4v) is 2.60. The molecule has 0 saturated carbocycles. The van der Waals surface area contributed by atoms with Crippen molar-refractivity contribution in [2.45, 2.75) is 39.5 Å². The molecule has 2 aromatic rings. The summed E-state index contributed by atoms with van der Waals surface area (Å²) in [5.74, 6) is 1.49. The van der Waals surface area contributed by atoms with E-state index in [2.05, 4.69) is 20.8 Å². The Hall–Kier alpha value is -2.75. The van der Waals surface area contributed by atoms with Gasteiger partial charge < -0.3 is 14.2 Å². The van der Waals surface area contributed by atoms with E-state index in [0.29, 0.717) is 23.9 Å². The van der Waals surface area contributed by atoms with Crippen molar-refractivity contribution >= 4 is 12.0 Å². The molecule has 0 aromatic heterocycles. The van der Waals surface area contributed by atoms with E-state index in [-0.39, 0.29) is 5.41 Å². The van der Waals surface area contributed by atoms with Crippen molar-refractivity contribution in [3.05, 3.63) is 59.7 Å². The Balaban J connectivity index is 2.11. The zero-order valence-corrected chi connectivity index (χ0v) is 16.7. The van der Waals surface area contributed by atoms with Crippen molar-refractivity contribution < 1.29 is 19.0 Å². The van der Waals surface area contributed by atoms with Crippen LogP contribution in [0.5, 0.6) is 17.2 Å². The summed E-state index contributed by atoms with van der Waals surface area (Å²) >= 11 is 0. The highest BCUT2D eigenvalue weighted by atomic mass is 16.5. The average Bonchev–Trinajstić information content (AvgIpc) is 2.64. The van der Waals surface area contributed by atoms with Crippen molar-refractivity contribution in [2.75, 3.05) is 13.7 Å². The molecule has 0 aliphatic heterocycles. The van der Waals surface area contributed by atoms with E-state index in [1.165, 1.54) is 6.08 Å². The number of carbonyl (C=O) groups excluding carboxylic acids is 1. The summed E-state index contributed by atoms with van der Waals surface area (Å²) in [4.78, 5) is 12.3. The fraction of sp³-hybridized carbons (Fsp3) is 0.348. The highest BCUT2D eigenvalue weighted by molar-refractivity contribution is 5.89. The van der Waals surface area contributed by atoms with Crippen molar-refractivity contribution in [2.24, 2.45) is 0 Å². The molecule has 4 nitrogen and oxygen atoms in total. The smallest absolute Gasteiger partial charge is 0.336 e. The Bertz CT molecular complexity index is 800. The van der Waals surface area contributed by atoms with Gasteiger partial charge in [-0.2, -0.15) is 0 Å². The molecule has 0 unspecified atom stereocenters. The number of hydrogen-bond acceptors (Lipinski definition) is 4. The molecule has 0 radical (unpaired) electrons. The van der Waals surface area contributed by atoms with Crippen molar-refractivity contribution in [3.8, 4) is 17.2 Å². The summed E-state index contributed by atoms with van der Waals surface area (Å²) in [6.07, 6.45) is 4.04. The summed E-state index contributed by atoms with van der Waals surface area (Å²) in [6.45, 7) is 8.94. The van der Waals surface area contributed by atoms with Crippen LogP contribution in [0, 0.1) is 0 Å². The molecule has 0 N–H and O–H groups in total. The predicted molar refractivity (Wildman–Crippen MR) is 109 cm³/mol. The van der Waals surface area contributed by atoms with Crippen molar-refractivity contribution in [1.29, 1.82) is 0 Å². The zero-order valence-electron chi connectivity index (χ0n) is 16.7. The van der Waals surface area contributed by atoms with E-state index in [9.17, 15) is 4.79 Å². The molecule has 0 fully saturated rings. The first-order valence-electron chi connectivity index (χ1n) is 9.15. The standard InChI is InChI=1S/C23H28O4/c1-6-15-26-20-13-11-17(16-21(20)25-5)12-14-22(24)27-19-10-8-7-9-18(19)23(2,3)4/h7-14,16H,6,15H2,1-5H3/b14-12+. The Morgan fingerprint density at radius 1 is 1.04 bits per heavy atom. The molecular weight excluding hydrogens is 340 g/mol. The Morgan fingerprint density at radius 2 is 1.78 bits per heavy atom. The van der Waals surface area contributed by atoms with Crippen LogP contribution in [0.1, 0.15) is 45.2 Å². The number of esters is 1. The number of hydrogen-bond donors (Lipinski definition) is 0. The molecule has 0 bridgehead atoms. The normalized spacial score (nSPS) is 11.4. The molecule has 27 heavy (non-hydrogen) atoms. The quantitative estimate of drug-likeness (QED) is 0.373. The van der Waals surface area contributed by atoms with Gasteiger partial charge in [-0.1, -0.05) is 52.0 Å². The van der Waals surface area contributed by atoms with Gasteiger partial charge in [0.25, 0.3) is 0 Å². The summed E-state index contributed by atoms with van der Waals surface area (Å²) in [5, 5.41) is 0. The first kappa shape index (κ1) is 20.6. The number of carbonyl (C=O) groups is 1. The Kier molecular flexibility index (Phi) is 7.05. The second-order valence-electron chi connectivity index (χ2n) is 7.26. The van der Waals surface area contributed by atoms with Crippen LogP contribution < -0.4 is 14.2 Å². The first-order valence-corrected chi connectivity index (χ1v) is 9.15. The average molecular weight is 368 g/mol. The predicted octanol–water partition coefficient (Wildman–Crippen LogP) is 5.40. The lowest BCUT2D eigenvalue weighted by molar-refractivity contribution is -0.128. The summed E-state index contributed by atoms with van der Waals surface area (Å²) < 4.78 is 16.6. The molecular formula is C23H28O4. The van der Waals surface area contributed by atoms with E-state index < -0.39 is 5.97 Å². The maximum atomic E-state index is 12.3. The summed E-state index contributed by atoms with van der Waals surface area (Å²) in [7, 11) is 1.60. The topological polar surface area (TPSA) is 44.8 Å². The van der Waals surface area contributed by atoms with Crippen LogP contribution in [0.2, 0.25) is 0 Å². The molecule has 0 aliphatic rings. The lowest BCUT2D eigenvalue weighted by atomic mass is 9.86. The van der Waals surface area contributed by atoms with Crippen LogP contribution >= 0.6 is 0 Å². The molecule has 2 rings (SSSR count). The first-order chi connectivity index (χ1) is 12.8. The van der Waals surface area contributed by atoms with Gasteiger partial charge in [0.05, 0.1) is 13.7 Å². The lowest BCUT2D eigenvalue weighted by Crippen LogP contribution is -2.15. The van der Waals surface area contributed by atoms with E-state index in [4.69, 9.17) is 14.2 Å². The molecule has 4 heteroatoms. The molecule has 0 aliphatic carbocycles. The summed E-state index contributed by atoms with van der Waals surface area (Å²) in [5.41, 5.74) is 1.71. The third-order valence-corrected chi connectivity index (χ3v) is 3.97. The van der Waals surface area contributed by atoms with Crippen LogP contribution in [0.15, 0.2) is 48.5 Å². The van der Waals surface area contributed by atoms with Gasteiger partial charge in [-0.3, -0.25) is 0 Å². The van der Waals surface area contributed by atoms with Gasteiger partial charge in [-0.15, -0.1) is 0 Å². The van der Waals surface area contributed by atoms with Gasteiger partial charge in [0.2, 0.25) is 0 Å². The largest absolute Gasteiger partial charge is 0.493 e. The van der Waals surface area contributed by atoms with E-state index in [1.807, 2.05) is 49.4 Å². The number of ether oxygens (including phenoxy) is 3. The van der Waals surface area contributed by atoms with E-state index in [0.717, 1.165) is 17.5 Å². The molecule has 2 aromatic carbocycles. The fourth-order valence-electron chi connectivity index (χ4n) is 2.60. The molecule has 0 spiro atoms. The second-order valence-corrected chi connectivity index (χ2v) is 7.26. The minimum absolute atomic E-state index is 0.109. The number of benzene rings is 2. The second kappa shape index (κ2) is 9.26. The molecule has 0 atom stereocenters.